The average molecular weight is 544 g/mol. The lowest BCUT2D eigenvalue weighted by Crippen LogP contribution is -2.52. The molecule has 6 nitrogen and oxygen atoms in total. The van der Waals surface area contributed by atoms with Crippen LogP contribution in [0.3, 0.4) is 0 Å². The number of hydrogen-bond donors (Lipinski definition) is 1. The van der Waals surface area contributed by atoms with E-state index >= 15 is 0 Å². The molecule has 0 radical (unpaired) electrons. The standard InChI is InChI=1S/C25H32N6.HI/c1-21-27-11-12-31(21)20-24-10-6-9-23(17-24)18-28-25(26-2)30-15-13-29(14-16-30)19-22-7-4-3-5-8-22;/h3-12,17H,13-16,18-20H2,1-2H3,(H,26,28);1H. The summed E-state index contributed by atoms with van der Waals surface area (Å²) < 4.78 is 2.17. The average Bonchev–Trinajstić information content (AvgIpc) is 3.20. The summed E-state index contributed by atoms with van der Waals surface area (Å²) in [7, 11) is 1.87. The number of aromatic nitrogens is 2. The Labute approximate surface area is 208 Å². The Morgan fingerprint density at radius 3 is 2.34 bits per heavy atom. The van der Waals surface area contributed by atoms with E-state index in [1.54, 1.807) is 0 Å². The van der Waals surface area contributed by atoms with Crippen molar-refractivity contribution in [3.8, 4) is 0 Å². The molecule has 0 amide bonds. The van der Waals surface area contributed by atoms with Gasteiger partial charge in [-0.2, -0.15) is 0 Å². The molecule has 1 N–H and O–H groups in total. The van der Waals surface area contributed by atoms with Gasteiger partial charge < -0.3 is 14.8 Å². The van der Waals surface area contributed by atoms with Crippen molar-refractivity contribution in [3.63, 3.8) is 0 Å². The van der Waals surface area contributed by atoms with Gasteiger partial charge in [0.1, 0.15) is 5.82 Å². The first-order valence-corrected chi connectivity index (χ1v) is 11.0. The van der Waals surface area contributed by atoms with Crippen LogP contribution in [-0.2, 0) is 19.6 Å². The molecule has 0 atom stereocenters. The number of hydrogen-bond acceptors (Lipinski definition) is 3. The van der Waals surface area contributed by atoms with Crippen LogP contribution in [0.5, 0.6) is 0 Å². The summed E-state index contributed by atoms with van der Waals surface area (Å²) in [4.78, 5) is 13.7. The Balaban J connectivity index is 0.00000289. The topological polar surface area (TPSA) is 48.7 Å². The van der Waals surface area contributed by atoms with E-state index in [2.05, 4.69) is 84.3 Å². The SMILES string of the molecule is CN=C(NCc1cccc(Cn2ccnc2C)c1)N1CCN(Cc2ccccc2)CC1.I. The van der Waals surface area contributed by atoms with Crippen molar-refractivity contribution in [1.29, 1.82) is 0 Å². The molecule has 3 aromatic rings. The van der Waals surface area contributed by atoms with Crippen LogP contribution in [0.15, 0.2) is 72.0 Å². The number of imidazole rings is 1. The summed E-state index contributed by atoms with van der Waals surface area (Å²) in [6.07, 6.45) is 3.88. The fourth-order valence-corrected chi connectivity index (χ4v) is 4.08. The van der Waals surface area contributed by atoms with Crippen molar-refractivity contribution >= 4 is 29.9 Å². The van der Waals surface area contributed by atoms with Gasteiger partial charge in [0, 0.05) is 65.3 Å². The van der Waals surface area contributed by atoms with E-state index in [4.69, 9.17) is 0 Å². The molecular formula is C25H33IN6. The highest BCUT2D eigenvalue weighted by molar-refractivity contribution is 14.0. The van der Waals surface area contributed by atoms with E-state index in [1.807, 2.05) is 26.4 Å². The van der Waals surface area contributed by atoms with Gasteiger partial charge in [0.2, 0.25) is 0 Å². The Kier molecular flexibility index (Phi) is 9.11. The summed E-state index contributed by atoms with van der Waals surface area (Å²) in [5.74, 6) is 2.02. The molecule has 0 unspecified atom stereocenters. The molecule has 0 saturated carbocycles. The second-order valence-electron chi connectivity index (χ2n) is 8.07. The van der Waals surface area contributed by atoms with E-state index in [9.17, 15) is 0 Å². The highest BCUT2D eigenvalue weighted by Crippen LogP contribution is 2.11. The van der Waals surface area contributed by atoms with Crippen molar-refractivity contribution in [2.24, 2.45) is 4.99 Å². The number of aliphatic imine (C=N–C) groups is 1. The number of benzene rings is 2. The largest absolute Gasteiger partial charge is 0.352 e. The summed E-state index contributed by atoms with van der Waals surface area (Å²) in [6, 6.07) is 19.4. The molecule has 1 saturated heterocycles. The number of rotatable bonds is 6. The molecule has 1 fully saturated rings. The van der Waals surface area contributed by atoms with E-state index in [-0.39, 0.29) is 24.0 Å². The first-order valence-electron chi connectivity index (χ1n) is 11.0. The van der Waals surface area contributed by atoms with Gasteiger partial charge in [-0.25, -0.2) is 4.98 Å². The van der Waals surface area contributed by atoms with Gasteiger partial charge in [0.05, 0.1) is 0 Å². The lowest BCUT2D eigenvalue weighted by Gasteiger charge is -2.36. The monoisotopic (exact) mass is 544 g/mol. The highest BCUT2D eigenvalue weighted by Gasteiger charge is 2.19. The number of guanidine groups is 1. The number of halogens is 1. The first-order chi connectivity index (χ1) is 15.2. The second kappa shape index (κ2) is 12.0. The summed E-state index contributed by atoms with van der Waals surface area (Å²) >= 11 is 0. The summed E-state index contributed by atoms with van der Waals surface area (Å²) in [5.41, 5.74) is 3.92. The molecule has 0 spiro atoms. The quantitative estimate of drug-likeness (QED) is 0.292. The van der Waals surface area contributed by atoms with Crippen LogP contribution in [-0.4, -0.2) is 58.5 Å². The first kappa shape index (κ1) is 24.3. The minimum atomic E-state index is 0. The molecule has 4 rings (SSSR count). The van der Waals surface area contributed by atoms with E-state index < -0.39 is 0 Å². The maximum atomic E-state index is 4.53. The van der Waals surface area contributed by atoms with Crippen LogP contribution in [0, 0.1) is 6.92 Å². The number of piperazine rings is 1. The maximum absolute atomic E-state index is 4.53. The zero-order chi connectivity index (χ0) is 21.5. The Bertz CT molecular complexity index is 992. The van der Waals surface area contributed by atoms with Gasteiger partial charge >= 0.3 is 0 Å². The maximum Gasteiger partial charge on any atom is 0.194 e. The molecule has 0 aliphatic carbocycles. The van der Waals surface area contributed by atoms with Gasteiger partial charge in [0.25, 0.3) is 0 Å². The Hall–Kier alpha value is -2.39. The molecule has 1 aliphatic rings. The molecule has 2 heterocycles. The van der Waals surface area contributed by atoms with Crippen LogP contribution < -0.4 is 5.32 Å². The van der Waals surface area contributed by atoms with E-state index in [0.29, 0.717) is 0 Å². The Morgan fingerprint density at radius 2 is 1.66 bits per heavy atom. The lowest BCUT2D eigenvalue weighted by atomic mass is 10.1. The van der Waals surface area contributed by atoms with E-state index in [1.165, 1.54) is 16.7 Å². The van der Waals surface area contributed by atoms with Crippen molar-refractivity contribution in [2.45, 2.75) is 26.6 Å². The zero-order valence-electron chi connectivity index (χ0n) is 18.9. The van der Waals surface area contributed by atoms with Gasteiger partial charge in [-0.3, -0.25) is 9.89 Å². The fraction of sp³-hybridized carbons (Fsp3) is 0.360. The molecule has 2 aromatic carbocycles. The minimum absolute atomic E-state index is 0. The van der Waals surface area contributed by atoms with Gasteiger partial charge in [-0.05, 0) is 23.6 Å². The number of aryl methyl sites for hydroxylation is 1. The van der Waals surface area contributed by atoms with Crippen LogP contribution >= 0.6 is 24.0 Å². The lowest BCUT2D eigenvalue weighted by molar-refractivity contribution is 0.172. The molecular weight excluding hydrogens is 511 g/mol. The molecule has 0 bridgehead atoms. The van der Waals surface area contributed by atoms with E-state index in [0.717, 1.165) is 57.6 Å². The molecule has 170 valence electrons. The predicted octanol–water partition coefficient (Wildman–Crippen LogP) is 3.75. The minimum Gasteiger partial charge on any atom is -0.352 e. The highest BCUT2D eigenvalue weighted by atomic mass is 127. The molecule has 32 heavy (non-hydrogen) atoms. The normalized spacial score (nSPS) is 14.8. The number of nitrogens with zero attached hydrogens (tertiary/aromatic N) is 5. The van der Waals surface area contributed by atoms with Gasteiger partial charge in [-0.15, -0.1) is 24.0 Å². The summed E-state index contributed by atoms with van der Waals surface area (Å²) in [6.45, 7) is 8.76. The van der Waals surface area contributed by atoms with Crippen LogP contribution in [0.1, 0.15) is 22.5 Å². The third-order valence-corrected chi connectivity index (χ3v) is 5.85. The zero-order valence-corrected chi connectivity index (χ0v) is 21.3. The third kappa shape index (κ3) is 6.56. The number of nitrogens with one attached hydrogen (secondary N) is 1. The third-order valence-electron chi connectivity index (χ3n) is 5.85. The smallest absolute Gasteiger partial charge is 0.194 e. The van der Waals surface area contributed by atoms with Crippen LogP contribution in [0.4, 0.5) is 0 Å². The molecule has 1 aliphatic heterocycles. The summed E-state index contributed by atoms with van der Waals surface area (Å²) in [5, 5.41) is 3.56. The molecule has 1 aromatic heterocycles. The van der Waals surface area contributed by atoms with Crippen LogP contribution in [0.2, 0.25) is 0 Å². The fourth-order valence-electron chi connectivity index (χ4n) is 4.08. The second-order valence-corrected chi connectivity index (χ2v) is 8.07. The Morgan fingerprint density at radius 1 is 0.938 bits per heavy atom. The van der Waals surface area contributed by atoms with Crippen molar-refractivity contribution in [1.82, 2.24) is 24.7 Å². The van der Waals surface area contributed by atoms with Crippen LogP contribution in [0.25, 0.3) is 0 Å². The van der Waals surface area contributed by atoms with Crippen molar-refractivity contribution in [2.75, 3.05) is 33.2 Å². The van der Waals surface area contributed by atoms with Gasteiger partial charge in [0.15, 0.2) is 5.96 Å². The van der Waals surface area contributed by atoms with Crippen molar-refractivity contribution in [3.05, 3.63) is 89.5 Å². The molecule has 7 heteroatoms. The van der Waals surface area contributed by atoms with Gasteiger partial charge in [-0.1, -0.05) is 54.6 Å². The predicted molar refractivity (Wildman–Crippen MR) is 141 cm³/mol. The van der Waals surface area contributed by atoms with Crippen molar-refractivity contribution < 1.29 is 0 Å².